The van der Waals surface area contributed by atoms with Gasteiger partial charge in [0, 0.05) is 39.3 Å². The minimum absolute atomic E-state index is 0.203. The van der Waals surface area contributed by atoms with Crippen molar-refractivity contribution in [2.75, 3.05) is 38.0 Å². The van der Waals surface area contributed by atoms with Crippen LogP contribution < -0.4 is 4.90 Å². The van der Waals surface area contributed by atoms with Crippen molar-refractivity contribution in [1.29, 1.82) is 0 Å². The largest absolute Gasteiger partial charge is 0.357 e. The highest BCUT2D eigenvalue weighted by Crippen LogP contribution is 2.16. The second-order valence-corrected chi connectivity index (χ2v) is 6.79. The van der Waals surface area contributed by atoms with Gasteiger partial charge in [-0.05, 0) is 25.5 Å². The molecule has 19 heavy (non-hydrogen) atoms. The van der Waals surface area contributed by atoms with Gasteiger partial charge < -0.3 is 4.90 Å². The molecule has 108 valence electrons. The molecule has 0 bridgehead atoms. The Morgan fingerprint density at radius 2 is 2.00 bits per heavy atom. The lowest BCUT2D eigenvalue weighted by molar-refractivity contribution is 0.520. The fourth-order valence-electron chi connectivity index (χ4n) is 1.61. The van der Waals surface area contributed by atoms with E-state index in [9.17, 15) is 8.42 Å². The maximum Gasteiger partial charge on any atom is 0.244 e. The Hall–Kier alpha value is -0.850. The number of anilines is 1. The first-order chi connectivity index (χ1) is 8.93. The fraction of sp³-hybridized carbons (Fsp3) is 0.583. The number of aromatic nitrogens is 1. The molecule has 0 aliphatic rings. The molecule has 0 saturated heterocycles. The Labute approximate surface area is 120 Å². The topological polar surface area (TPSA) is 53.5 Å². The lowest BCUT2D eigenvalue weighted by Gasteiger charge is -2.21. The maximum absolute atomic E-state index is 11.9. The van der Waals surface area contributed by atoms with Crippen molar-refractivity contribution in [1.82, 2.24) is 9.29 Å². The summed E-state index contributed by atoms with van der Waals surface area (Å²) in [7, 11) is -0.408. The lowest BCUT2D eigenvalue weighted by atomic mass is 10.3. The molecule has 0 radical (unpaired) electrons. The molecule has 0 aliphatic heterocycles. The normalized spacial score (nSPS) is 11.8. The molecule has 0 aliphatic carbocycles. The molecule has 0 saturated carbocycles. The highest BCUT2D eigenvalue weighted by molar-refractivity contribution is 7.89. The molecule has 1 aromatic heterocycles. The van der Waals surface area contributed by atoms with Gasteiger partial charge in [-0.1, -0.05) is 0 Å². The van der Waals surface area contributed by atoms with Gasteiger partial charge in [-0.2, -0.15) is 0 Å². The molecule has 0 atom stereocenters. The van der Waals surface area contributed by atoms with Crippen LogP contribution in [0.15, 0.2) is 23.2 Å². The smallest absolute Gasteiger partial charge is 0.244 e. The molecule has 7 heteroatoms. The van der Waals surface area contributed by atoms with Crippen molar-refractivity contribution in [2.24, 2.45) is 0 Å². The maximum atomic E-state index is 11.9. The number of sulfonamides is 1. The van der Waals surface area contributed by atoms with Crippen LogP contribution in [0, 0.1) is 0 Å². The second-order valence-electron chi connectivity index (χ2n) is 4.26. The first-order valence-corrected chi connectivity index (χ1v) is 8.10. The van der Waals surface area contributed by atoms with Crippen LogP contribution in [0.25, 0.3) is 0 Å². The molecular formula is C12H20ClN3O2S. The number of hydrogen-bond donors (Lipinski definition) is 0. The van der Waals surface area contributed by atoms with Crippen LogP contribution in [0.5, 0.6) is 0 Å². The first-order valence-electron chi connectivity index (χ1n) is 6.13. The fourth-order valence-corrected chi connectivity index (χ4v) is 2.58. The van der Waals surface area contributed by atoms with Gasteiger partial charge in [0.15, 0.2) is 0 Å². The summed E-state index contributed by atoms with van der Waals surface area (Å²) in [5, 5.41) is 0. The van der Waals surface area contributed by atoms with E-state index < -0.39 is 10.0 Å². The van der Waals surface area contributed by atoms with E-state index in [2.05, 4.69) is 9.88 Å². The number of hydrogen-bond acceptors (Lipinski definition) is 4. The quantitative estimate of drug-likeness (QED) is 0.721. The summed E-state index contributed by atoms with van der Waals surface area (Å²) in [4.78, 5) is 6.50. The molecule has 1 heterocycles. The number of pyridine rings is 1. The Morgan fingerprint density at radius 1 is 1.32 bits per heavy atom. The van der Waals surface area contributed by atoms with Crippen LogP contribution >= 0.6 is 11.6 Å². The molecule has 0 unspecified atom stereocenters. The highest BCUT2D eigenvalue weighted by atomic mass is 35.5. The average Bonchev–Trinajstić information content (AvgIpc) is 2.40. The van der Waals surface area contributed by atoms with Gasteiger partial charge in [0.25, 0.3) is 0 Å². The van der Waals surface area contributed by atoms with E-state index in [-0.39, 0.29) is 4.90 Å². The zero-order valence-electron chi connectivity index (χ0n) is 11.5. The van der Waals surface area contributed by atoms with E-state index in [0.717, 1.165) is 25.3 Å². The number of halogens is 1. The monoisotopic (exact) mass is 305 g/mol. The third kappa shape index (κ3) is 4.06. The minimum Gasteiger partial charge on any atom is -0.357 e. The van der Waals surface area contributed by atoms with Gasteiger partial charge >= 0.3 is 0 Å². The van der Waals surface area contributed by atoms with Crippen molar-refractivity contribution < 1.29 is 8.42 Å². The van der Waals surface area contributed by atoms with Crippen LogP contribution in [-0.2, 0) is 10.0 Å². The predicted octanol–water partition coefficient (Wildman–Crippen LogP) is 1.79. The lowest BCUT2D eigenvalue weighted by Crippen LogP contribution is -2.26. The van der Waals surface area contributed by atoms with Crippen molar-refractivity contribution in [2.45, 2.75) is 18.2 Å². The number of nitrogens with zero attached hydrogens (tertiary/aromatic N) is 3. The zero-order valence-corrected chi connectivity index (χ0v) is 13.1. The molecule has 0 amide bonds. The van der Waals surface area contributed by atoms with E-state index in [0.29, 0.717) is 5.88 Å². The molecule has 0 N–H and O–H groups in total. The third-order valence-electron chi connectivity index (χ3n) is 2.77. The Kier molecular flexibility index (Phi) is 6.03. The van der Waals surface area contributed by atoms with Crippen LogP contribution in [-0.4, -0.2) is 50.8 Å². The number of rotatable bonds is 7. The highest BCUT2D eigenvalue weighted by Gasteiger charge is 2.17. The van der Waals surface area contributed by atoms with Gasteiger partial charge in [-0.25, -0.2) is 17.7 Å². The zero-order chi connectivity index (χ0) is 14.5. The van der Waals surface area contributed by atoms with Crippen LogP contribution in [0.2, 0.25) is 0 Å². The minimum atomic E-state index is -3.41. The Balaban J connectivity index is 2.92. The van der Waals surface area contributed by atoms with Gasteiger partial charge in [0.05, 0.1) is 0 Å². The van der Waals surface area contributed by atoms with Crippen LogP contribution in [0.4, 0.5) is 5.82 Å². The summed E-state index contributed by atoms with van der Waals surface area (Å²) in [6.45, 7) is 3.65. The summed E-state index contributed by atoms with van der Waals surface area (Å²) >= 11 is 5.68. The SMILES string of the molecule is CCN(CCCCl)c1ccc(S(=O)(=O)N(C)C)cn1. The van der Waals surface area contributed by atoms with Crippen molar-refractivity contribution >= 4 is 27.4 Å². The van der Waals surface area contributed by atoms with Gasteiger partial charge in [0.1, 0.15) is 10.7 Å². The first kappa shape index (κ1) is 16.2. The van der Waals surface area contributed by atoms with Crippen molar-refractivity contribution in [3.05, 3.63) is 18.3 Å². The molecule has 1 rings (SSSR count). The van der Waals surface area contributed by atoms with E-state index in [1.807, 2.05) is 6.92 Å². The van der Waals surface area contributed by atoms with Gasteiger partial charge in [0.2, 0.25) is 10.0 Å². The molecular weight excluding hydrogens is 286 g/mol. The second kappa shape index (κ2) is 7.07. The standard InChI is InChI=1S/C12H20ClN3O2S/c1-4-16(9-5-8-13)12-7-6-11(10-14-12)19(17,18)15(2)3/h6-7,10H,4-5,8-9H2,1-3H3. The van der Waals surface area contributed by atoms with Crippen LogP contribution in [0.3, 0.4) is 0 Å². The Morgan fingerprint density at radius 3 is 2.42 bits per heavy atom. The number of alkyl halides is 1. The molecule has 0 fully saturated rings. The van der Waals surface area contributed by atoms with Crippen molar-refractivity contribution in [3.8, 4) is 0 Å². The predicted molar refractivity (Wildman–Crippen MR) is 78.3 cm³/mol. The van der Waals surface area contributed by atoms with Gasteiger partial charge in [-0.3, -0.25) is 0 Å². The van der Waals surface area contributed by atoms with Crippen molar-refractivity contribution in [3.63, 3.8) is 0 Å². The van der Waals surface area contributed by atoms with Gasteiger partial charge in [-0.15, -0.1) is 11.6 Å². The molecule has 0 spiro atoms. The van der Waals surface area contributed by atoms with E-state index >= 15 is 0 Å². The summed E-state index contributed by atoms with van der Waals surface area (Å²) < 4.78 is 25.0. The summed E-state index contributed by atoms with van der Waals surface area (Å²) in [6.07, 6.45) is 2.27. The van der Waals surface area contributed by atoms with E-state index in [1.54, 1.807) is 12.1 Å². The molecule has 1 aromatic rings. The summed E-state index contributed by atoms with van der Waals surface area (Å²) in [5.74, 6) is 1.37. The summed E-state index contributed by atoms with van der Waals surface area (Å²) in [6, 6.07) is 3.31. The molecule has 5 nitrogen and oxygen atoms in total. The van der Waals surface area contributed by atoms with E-state index in [4.69, 9.17) is 11.6 Å². The summed E-state index contributed by atoms with van der Waals surface area (Å²) in [5.41, 5.74) is 0. The van der Waals surface area contributed by atoms with Crippen LogP contribution in [0.1, 0.15) is 13.3 Å². The van der Waals surface area contributed by atoms with E-state index in [1.165, 1.54) is 24.6 Å². The Bertz CT molecular complexity index is 488. The third-order valence-corrected chi connectivity index (χ3v) is 4.83. The molecule has 0 aromatic carbocycles. The average molecular weight is 306 g/mol.